The molecular formula is C13H18ClNO4. The Morgan fingerprint density at radius 2 is 2.32 bits per heavy atom. The van der Waals surface area contributed by atoms with E-state index in [2.05, 4.69) is 5.32 Å². The molecule has 1 aromatic rings. The van der Waals surface area contributed by atoms with Crippen molar-refractivity contribution in [2.24, 2.45) is 0 Å². The van der Waals surface area contributed by atoms with Gasteiger partial charge < -0.3 is 19.9 Å². The molecule has 0 radical (unpaired) electrons. The van der Waals surface area contributed by atoms with Gasteiger partial charge in [-0.2, -0.15) is 0 Å². The lowest BCUT2D eigenvalue weighted by molar-refractivity contribution is -0.122. The first-order chi connectivity index (χ1) is 9.11. The molecule has 106 valence electrons. The molecule has 0 aliphatic carbocycles. The first-order valence-corrected chi connectivity index (χ1v) is 6.31. The molecule has 1 unspecified atom stereocenters. The number of aliphatic hydroxyl groups excluding tert-OH is 1. The van der Waals surface area contributed by atoms with Crippen LogP contribution in [0.3, 0.4) is 0 Å². The third kappa shape index (κ3) is 7.00. The number of benzene rings is 1. The Morgan fingerprint density at radius 3 is 3.00 bits per heavy atom. The van der Waals surface area contributed by atoms with Gasteiger partial charge in [-0.15, -0.1) is 0 Å². The number of methoxy groups -OCH3 is 1. The zero-order chi connectivity index (χ0) is 14.1. The lowest BCUT2D eigenvalue weighted by atomic mass is 10.3. The van der Waals surface area contributed by atoms with E-state index in [0.717, 1.165) is 0 Å². The molecule has 6 heteroatoms. The highest BCUT2D eigenvalue weighted by molar-refractivity contribution is 6.30. The van der Waals surface area contributed by atoms with Crippen molar-refractivity contribution in [2.45, 2.75) is 12.5 Å². The number of nitrogens with one attached hydrogen (secondary N) is 1. The Morgan fingerprint density at radius 1 is 1.53 bits per heavy atom. The summed E-state index contributed by atoms with van der Waals surface area (Å²) >= 11 is 5.80. The predicted molar refractivity (Wildman–Crippen MR) is 72.5 cm³/mol. The number of hydrogen-bond acceptors (Lipinski definition) is 4. The summed E-state index contributed by atoms with van der Waals surface area (Å²) in [7, 11) is 1.49. The molecular weight excluding hydrogens is 270 g/mol. The highest BCUT2D eigenvalue weighted by atomic mass is 35.5. The molecule has 0 aromatic heterocycles. The van der Waals surface area contributed by atoms with E-state index in [4.69, 9.17) is 21.1 Å². The van der Waals surface area contributed by atoms with Crippen LogP contribution in [0, 0.1) is 0 Å². The van der Waals surface area contributed by atoms with Gasteiger partial charge in [0, 0.05) is 18.7 Å². The number of ether oxygens (including phenoxy) is 2. The van der Waals surface area contributed by atoms with Crippen LogP contribution >= 0.6 is 11.6 Å². The Kier molecular flexibility index (Phi) is 7.25. The average molecular weight is 288 g/mol. The Labute approximate surface area is 117 Å². The molecule has 1 atom stereocenters. The number of carbonyl (C=O) groups is 1. The van der Waals surface area contributed by atoms with Gasteiger partial charge in [-0.05, 0) is 18.2 Å². The lowest BCUT2D eigenvalue weighted by Gasteiger charge is -2.11. The molecule has 0 fully saturated rings. The highest BCUT2D eigenvalue weighted by Gasteiger charge is 2.06. The maximum Gasteiger partial charge on any atom is 0.223 e. The molecule has 5 nitrogen and oxygen atoms in total. The maximum absolute atomic E-state index is 11.4. The van der Waals surface area contributed by atoms with Crippen molar-refractivity contribution < 1.29 is 19.4 Å². The lowest BCUT2D eigenvalue weighted by Crippen LogP contribution is -2.34. The SMILES string of the molecule is COCC(O)CNC(=O)CCOc1cccc(Cl)c1. The first kappa shape index (κ1) is 15.8. The largest absolute Gasteiger partial charge is 0.493 e. The standard InChI is InChI=1S/C13H18ClNO4/c1-18-9-11(16)8-15-13(17)5-6-19-12-4-2-3-10(14)7-12/h2-4,7,11,16H,5-6,8-9H2,1H3,(H,15,17). The van der Waals surface area contributed by atoms with Crippen molar-refractivity contribution in [3.8, 4) is 5.75 Å². The van der Waals surface area contributed by atoms with Crippen molar-refractivity contribution in [2.75, 3.05) is 26.9 Å². The van der Waals surface area contributed by atoms with Crippen molar-refractivity contribution in [1.29, 1.82) is 0 Å². The summed E-state index contributed by atoms with van der Waals surface area (Å²) in [5.74, 6) is 0.442. The van der Waals surface area contributed by atoms with Crippen molar-refractivity contribution >= 4 is 17.5 Å². The summed E-state index contributed by atoms with van der Waals surface area (Å²) in [6, 6.07) is 6.98. The van der Waals surface area contributed by atoms with Gasteiger partial charge in [-0.1, -0.05) is 17.7 Å². The van der Waals surface area contributed by atoms with Crippen LogP contribution in [0.5, 0.6) is 5.75 Å². The number of halogens is 1. The molecule has 0 aliphatic heterocycles. The molecule has 0 bridgehead atoms. The van der Waals surface area contributed by atoms with Crippen LogP contribution in [0.25, 0.3) is 0 Å². The molecule has 0 spiro atoms. The van der Waals surface area contributed by atoms with E-state index in [9.17, 15) is 9.90 Å². The van der Waals surface area contributed by atoms with Gasteiger partial charge in [0.2, 0.25) is 5.91 Å². The van der Waals surface area contributed by atoms with E-state index in [0.29, 0.717) is 10.8 Å². The summed E-state index contributed by atoms with van der Waals surface area (Å²) in [6.45, 7) is 0.621. The van der Waals surface area contributed by atoms with Crippen molar-refractivity contribution in [3.05, 3.63) is 29.3 Å². The third-order valence-corrected chi connectivity index (χ3v) is 2.52. The van der Waals surface area contributed by atoms with Gasteiger partial charge in [0.1, 0.15) is 5.75 Å². The van der Waals surface area contributed by atoms with E-state index in [1.807, 2.05) is 0 Å². The van der Waals surface area contributed by atoms with Crippen LogP contribution < -0.4 is 10.1 Å². The fraction of sp³-hybridized carbons (Fsp3) is 0.462. The Hall–Kier alpha value is -1.30. The molecule has 1 rings (SSSR count). The molecule has 1 amide bonds. The highest BCUT2D eigenvalue weighted by Crippen LogP contribution is 2.16. The predicted octanol–water partition coefficient (Wildman–Crippen LogP) is 1.23. The van der Waals surface area contributed by atoms with E-state index >= 15 is 0 Å². The second kappa shape index (κ2) is 8.74. The van der Waals surface area contributed by atoms with E-state index in [-0.39, 0.29) is 32.1 Å². The molecule has 1 aromatic carbocycles. The second-order valence-corrected chi connectivity index (χ2v) is 4.41. The zero-order valence-corrected chi connectivity index (χ0v) is 11.5. The quantitative estimate of drug-likeness (QED) is 0.755. The first-order valence-electron chi connectivity index (χ1n) is 5.94. The smallest absolute Gasteiger partial charge is 0.223 e. The second-order valence-electron chi connectivity index (χ2n) is 3.97. The van der Waals surface area contributed by atoms with Crippen LogP contribution in [0.2, 0.25) is 5.02 Å². The number of hydrogen-bond donors (Lipinski definition) is 2. The molecule has 0 aliphatic rings. The minimum atomic E-state index is -0.692. The minimum Gasteiger partial charge on any atom is -0.493 e. The number of carbonyl (C=O) groups excluding carboxylic acids is 1. The Bertz CT molecular complexity index is 400. The molecule has 0 saturated heterocycles. The van der Waals surface area contributed by atoms with Crippen LogP contribution in [0.4, 0.5) is 0 Å². The summed E-state index contributed by atoms with van der Waals surface area (Å²) in [4.78, 5) is 11.4. The summed E-state index contributed by atoms with van der Waals surface area (Å²) in [5.41, 5.74) is 0. The topological polar surface area (TPSA) is 67.8 Å². The van der Waals surface area contributed by atoms with E-state index in [1.54, 1.807) is 24.3 Å². The van der Waals surface area contributed by atoms with Crippen LogP contribution in [0.1, 0.15) is 6.42 Å². The minimum absolute atomic E-state index is 0.170. The molecule has 19 heavy (non-hydrogen) atoms. The van der Waals surface area contributed by atoms with Crippen LogP contribution in [0.15, 0.2) is 24.3 Å². The monoisotopic (exact) mass is 287 g/mol. The van der Waals surface area contributed by atoms with Crippen LogP contribution in [-0.4, -0.2) is 44.0 Å². The van der Waals surface area contributed by atoms with Gasteiger partial charge >= 0.3 is 0 Å². The summed E-state index contributed by atoms with van der Waals surface area (Å²) in [5, 5.41) is 12.5. The molecule has 0 heterocycles. The van der Waals surface area contributed by atoms with E-state index in [1.165, 1.54) is 7.11 Å². The fourth-order valence-electron chi connectivity index (χ4n) is 1.39. The number of amides is 1. The zero-order valence-electron chi connectivity index (χ0n) is 10.8. The molecule has 0 saturated carbocycles. The number of aliphatic hydroxyl groups is 1. The van der Waals surface area contributed by atoms with Gasteiger partial charge in [0.05, 0.1) is 25.7 Å². The maximum atomic E-state index is 11.4. The third-order valence-electron chi connectivity index (χ3n) is 2.29. The van der Waals surface area contributed by atoms with Crippen LogP contribution in [-0.2, 0) is 9.53 Å². The van der Waals surface area contributed by atoms with Gasteiger partial charge in [0.25, 0.3) is 0 Å². The van der Waals surface area contributed by atoms with E-state index < -0.39 is 6.10 Å². The Balaban J connectivity index is 2.17. The average Bonchev–Trinajstić information content (AvgIpc) is 2.37. The van der Waals surface area contributed by atoms with Gasteiger partial charge in [0.15, 0.2) is 0 Å². The van der Waals surface area contributed by atoms with Crippen molar-refractivity contribution in [3.63, 3.8) is 0 Å². The van der Waals surface area contributed by atoms with Gasteiger partial charge in [-0.3, -0.25) is 4.79 Å². The summed E-state index contributed by atoms with van der Waals surface area (Å²) < 4.78 is 10.1. The normalized spacial score (nSPS) is 11.9. The number of rotatable bonds is 8. The fourth-order valence-corrected chi connectivity index (χ4v) is 1.57. The van der Waals surface area contributed by atoms with Crippen molar-refractivity contribution in [1.82, 2.24) is 5.32 Å². The summed E-state index contributed by atoms with van der Waals surface area (Å²) in [6.07, 6.45) is -0.477. The van der Waals surface area contributed by atoms with Gasteiger partial charge in [-0.25, -0.2) is 0 Å². The molecule has 2 N–H and O–H groups in total.